The average Bonchev–Trinajstić information content (AvgIpc) is 2.81. The summed E-state index contributed by atoms with van der Waals surface area (Å²) < 4.78 is 10.6. The van der Waals surface area contributed by atoms with Crippen molar-refractivity contribution in [3.05, 3.63) is 90.0 Å². The topological polar surface area (TPSA) is 38.8 Å². The van der Waals surface area contributed by atoms with Crippen molar-refractivity contribution in [2.75, 3.05) is 19.1 Å². The largest absolute Gasteiger partial charge is 0.497 e. The van der Waals surface area contributed by atoms with Crippen molar-refractivity contribution in [3.63, 3.8) is 0 Å². The number of anilines is 1. The summed E-state index contributed by atoms with van der Waals surface area (Å²) in [6, 6.07) is 26.3. The summed E-state index contributed by atoms with van der Waals surface area (Å²) in [6.07, 6.45) is 2.85. The fourth-order valence-corrected chi connectivity index (χ4v) is 4.21. The molecule has 0 aliphatic carbocycles. The number of methoxy groups -OCH3 is 2. The molecule has 0 N–H and O–H groups in total. The molecule has 3 aromatic carbocycles. The van der Waals surface area contributed by atoms with E-state index in [0.717, 1.165) is 42.0 Å². The molecule has 1 aliphatic heterocycles. The van der Waals surface area contributed by atoms with Gasteiger partial charge in [0.25, 0.3) is 0 Å². The molecule has 0 saturated carbocycles. The van der Waals surface area contributed by atoms with Crippen LogP contribution in [0.5, 0.6) is 11.5 Å². The first kappa shape index (κ1) is 20.0. The van der Waals surface area contributed by atoms with Gasteiger partial charge in [0, 0.05) is 5.69 Å². The Morgan fingerprint density at radius 2 is 1.40 bits per heavy atom. The Hall–Kier alpha value is -3.27. The summed E-state index contributed by atoms with van der Waals surface area (Å²) in [5.74, 6) is 1.78. The first-order chi connectivity index (χ1) is 14.7. The van der Waals surface area contributed by atoms with Crippen molar-refractivity contribution < 1.29 is 14.3 Å². The first-order valence-corrected chi connectivity index (χ1v) is 10.4. The second-order valence-corrected chi connectivity index (χ2v) is 7.61. The van der Waals surface area contributed by atoms with E-state index in [4.69, 9.17) is 9.47 Å². The van der Waals surface area contributed by atoms with Gasteiger partial charge in [-0.3, -0.25) is 4.79 Å². The predicted molar refractivity (Wildman–Crippen MR) is 119 cm³/mol. The van der Waals surface area contributed by atoms with Crippen molar-refractivity contribution in [2.45, 2.75) is 25.3 Å². The number of carbonyl (C=O) groups is 1. The van der Waals surface area contributed by atoms with Gasteiger partial charge in [-0.15, -0.1) is 0 Å². The smallest absolute Gasteiger partial charge is 0.233 e. The molecule has 0 aromatic heterocycles. The van der Waals surface area contributed by atoms with E-state index in [0.29, 0.717) is 0 Å². The van der Waals surface area contributed by atoms with Crippen molar-refractivity contribution in [2.24, 2.45) is 5.92 Å². The summed E-state index contributed by atoms with van der Waals surface area (Å²) in [7, 11) is 3.31. The van der Waals surface area contributed by atoms with Crippen LogP contribution in [0.2, 0.25) is 0 Å². The number of rotatable bonds is 8. The number of ether oxygens (including phenoxy) is 2. The lowest BCUT2D eigenvalue weighted by Gasteiger charge is -2.47. The van der Waals surface area contributed by atoms with Crippen LogP contribution in [0.25, 0.3) is 0 Å². The number of carbonyl (C=O) groups excluding carboxylic acids is 1. The van der Waals surface area contributed by atoms with E-state index in [9.17, 15) is 4.79 Å². The Morgan fingerprint density at radius 1 is 0.800 bits per heavy atom. The van der Waals surface area contributed by atoms with E-state index in [1.165, 1.54) is 5.56 Å². The van der Waals surface area contributed by atoms with E-state index < -0.39 is 0 Å². The number of β-lactam (4-membered cyclic amide) rings is 1. The van der Waals surface area contributed by atoms with Gasteiger partial charge >= 0.3 is 0 Å². The van der Waals surface area contributed by atoms with Crippen LogP contribution >= 0.6 is 0 Å². The zero-order valence-electron chi connectivity index (χ0n) is 17.5. The van der Waals surface area contributed by atoms with Crippen molar-refractivity contribution >= 4 is 11.6 Å². The minimum Gasteiger partial charge on any atom is -0.497 e. The van der Waals surface area contributed by atoms with Crippen LogP contribution in [0.1, 0.15) is 30.0 Å². The minimum absolute atomic E-state index is 0.00999. The summed E-state index contributed by atoms with van der Waals surface area (Å²) in [5, 5.41) is 0. The number of aryl methyl sites for hydroxylation is 1. The van der Waals surface area contributed by atoms with Crippen LogP contribution in [-0.4, -0.2) is 20.1 Å². The highest BCUT2D eigenvalue weighted by Crippen LogP contribution is 2.46. The highest BCUT2D eigenvalue weighted by atomic mass is 16.5. The Balaban J connectivity index is 1.54. The summed E-state index contributed by atoms with van der Waals surface area (Å²) in [4.78, 5) is 15.0. The van der Waals surface area contributed by atoms with Gasteiger partial charge in [-0.2, -0.15) is 0 Å². The van der Waals surface area contributed by atoms with Gasteiger partial charge < -0.3 is 14.4 Å². The molecule has 1 fully saturated rings. The molecule has 0 radical (unpaired) electrons. The quantitative estimate of drug-likeness (QED) is 0.472. The van der Waals surface area contributed by atoms with Crippen LogP contribution < -0.4 is 14.4 Å². The van der Waals surface area contributed by atoms with E-state index in [1.807, 2.05) is 47.4 Å². The normalized spacial score (nSPS) is 18.1. The highest BCUT2D eigenvalue weighted by Gasteiger charge is 2.48. The second-order valence-electron chi connectivity index (χ2n) is 7.61. The maximum atomic E-state index is 13.1. The second kappa shape index (κ2) is 9.04. The standard InChI is InChI=1S/C26H27NO3/c1-29-22-15-11-20(12-16-22)25-24(10-6-9-19-7-4-3-5-8-19)26(28)27(25)21-13-17-23(30-2)18-14-21/h3-5,7-8,11-18,24-25H,6,9-10H2,1-2H3/t24-,25-/m1/s1. The van der Waals surface area contributed by atoms with Crippen LogP contribution in [-0.2, 0) is 11.2 Å². The van der Waals surface area contributed by atoms with Gasteiger partial charge in [0.15, 0.2) is 0 Å². The number of amides is 1. The molecule has 4 rings (SSSR count). The van der Waals surface area contributed by atoms with Gasteiger partial charge in [-0.05, 0) is 66.8 Å². The van der Waals surface area contributed by atoms with Crippen LogP contribution in [0.3, 0.4) is 0 Å². The molecule has 3 aromatic rings. The average molecular weight is 402 g/mol. The summed E-state index contributed by atoms with van der Waals surface area (Å²) >= 11 is 0. The Kier molecular flexibility index (Phi) is 6.03. The monoisotopic (exact) mass is 401 g/mol. The lowest BCUT2D eigenvalue weighted by molar-refractivity contribution is -0.130. The van der Waals surface area contributed by atoms with Crippen molar-refractivity contribution in [1.29, 1.82) is 0 Å². The lowest BCUT2D eigenvalue weighted by Crippen LogP contribution is -2.55. The molecule has 30 heavy (non-hydrogen) atoms. The molecule has 0 unspecified atom stereocenters. The Labute approximate surface area is 178 Å². The highest BCUT2D eigenvalue weighted by molar-refractivity contribution is 6.03. The molecule has 0 spiro atoms. The van der Waals surface area contributed by atoms with Crippen molar-refractivity contribution in [3.8, 4) is 11.5 Å². The number of hydrogen-bond donors (Lipinski definition) is 0. The third-order valence-corrected chi connectivity index (χ3v) is 5.85. The van der Waals surface area contributed by atoms with Gasteiger partial charge in [0.2, 0.25) is 5.91 Å². The molecule has 4 heteroatoms. The number of nitrogens with zero attached hydrogens (tertiary/aromatic N) is 1. The van der Waals surface area contributed by atoms with Crippen molar-refractivity contribution in [1.82, 2.24) is 0 Å². The SMILES string of the molecule is COc1ccc([C@@H]2[C@@H](CCCc3ccccc3)C(=O)N2c2ccc(OC)cc2)cc1. The fourth-order valence-electron chi connectivity index (χ4n) is 4.21. The summed E-state index contributed by atoms with van der Waals surface area (Å²) in [6.45, 7) is 0. The molecular formula is C26H27NO3. The molecule has 0 bridgehead atoms. The summed E-state index contributed by atoms with van der Waals surface area (Å²) in [5.41, 5.74) is 3.36. The fraction of sp³-hybridized carbons (Fsp3) is 0.269. The van der Waals surface area contributed by atoms with E-state index >= 15 is 0 Å². The lowest BCUT2D eigenvalue weighted by atomic mass is 9.78. The van der Waals surface area contributed by atoms with E-state index in [1.54, 1.807) is 14.2 Å². The van der Waals surface area contributed by atoms with Gasteiger partial charge in [0.05, 0.1) is 26.2 Å². The zero-order valence-corrected chi connectivity index (χ0v) is 17.5. The maximum absolute atomic E-state index is 13.1. The minimum atomic E-state index is -0.00999. The first-order valence-electron chi connectivity index (χ1n) is 10.4. The Morgan fingerprint density at radius 3 is 2.00 bits per heavy atom. The van der Waals surface area contributed by atoms with E-state index in [-0.39, 0.29) is 17.9 Å². The zero-order chi connectivity index (χ0) is 20.9. The molecule has 1 heterocycles. The van der Waals surface area contributed by atoms with Crippen LogP contribution in [0, 0.1) is 5.92 Å². The molecule has 2 atom stereocenters. The van der Waals surface area contributed by atoms with E-state index in [2.05, 4.69) is 36.4 Å². The molecular weight excluding hydrogens is 374 g/mol. The molecule has 1 saturated heterocycles. The molecule has 154 valence electrons. The van der Waals surface area contributed by atoms with Gasteiger partial charge in [-0.25, -0.2) is 0 Å². The molecule has 1 aliphatic rings. The van der Waals surface area contributed by atoms with Crippen LogP contribution in [0.15, 0.2) is 78.9 Å². The number of benzene rings is 3. The predicted octanol–water partition coefficient (Wildman–Crippen LogP) is 5.43. The maximum Gasteiger partial charge on any atom is 0.233 e. The third kappa shape index (κ3) is 4.04. The Bertz CT molecular complexity index is 967. The van der Waals surface area contributed by atoms with Gasteiger partial charge in [0.1, 0.15) is 11.5 Å². The molecule has 4 nitrogen and oxygen atoms in total. The third-order valence-electron chi connectivity index (χ3n) is 5.85. The molecule has 1 amide bonds. The van der Waals surface area contributed by atoms with Gasteiger partial charge in [-0.1, -0.05) is 42.5 Å². The number of hydrogen-bond acceptors (Lipinski definition) is 3. The van der Waals surface area contributed by atoms with Crippen LogP contribution in [0.4, 0.5) is 5.69 Å².